The third kappa shape index (κ3) is 1.29. The lowest BCUT2D eigenvalue weighted by Gasteiger charge is -2.37. The minimum absolute atomic E-state index is 0.0363. The lowest BCUT2D eigenvalue weighted by Crippen LogP contribution is -2.55. The zero-order valence-electron chi connectivity index (χ0n) is 12.7. The van der Waals surface area contributed by atoms with Crippen molar-refractivity contribution in [2.45, 2.75) is 30.9 Å². The van der Waals surface area contributed by atoms with Crippen molar-refractivity contribution >= 4 is 17.7 Å². The number of carbonyl (C=O) groups excluding carboxylic acids is 3. The molecule has 4 atom stereocenters. The number of piperidine rings is 1. The van der Waals surface area contributed by atoms with Crippen molar-refractivity contribution in [1.29, 1.82) is 0 Å². The largest absolute Gasteiger partial charge is 0.465 e. The highest BCUT2D eigenvalue weighted by molar-refractivity contribution is 6.10. The molecule has 0 radical (unpaired) electrons. The maximum absolute atomic E-state index is 12.8. The van der Waals surface area contributed by atoms with Gasteiger partial charge in [0.1, 0.15) is 11.2 Å². The molecule has 2 N–H and O–H groups in total. The molecule has 6 nitrogen and oxygen atoms in total. The number of Topliss-reactive ketones (excluding diaryl/α,β-unsaturated/α-hetero) is 1. The number of aliphatic hydroxyl groups is 1. The predicted octanol–water partition coefficient (Wildman–Crippen LogP) is 0.285. The van der Waals surface area contributed by atoms with Crippen LogP contribution in [0.25, 0.3) is 0 Å². The number of benzene rings is 1. The fourth-order valence-corrected chi connectivity index (χ4v) is 4.91. The first kappa shape index (κ1) is 14.4. The smallest absolute Gasteiger partial charge is 0.318 e. The number of hydrogen-bond acceptors (Lipinski definition) is 5. The average Bonchev–Trinajstić information content (AvgIpc) is 3.00. The molecule has 1 saturated heterocycles. The van der Waals surface area contributed by atoms with Gasteiger partial charge in [-0.2, -0.15) is 0 Å². The van der Waals surface area contributed by atoms with Crippen LogP contribution in [0.1, 0.15) is 25.3 Å². The molecule has 0 unspecified atom stereocenters. The number of ether oxygens (including phenoxy) is 1. The second-order valence-electron chi connectivity index (χ2n) is 6.51. The van der Waals surface area contributed by atoms with E-state index in [1.165, 1.54) is 0 Å². The molecule has 23 heavy (non-hydrogen) atoms. The van der Waals surface area contributed by atoms with E-state index in [0.29, 0.717) is 5.56 Å². The first-order valence-corrected chi connectivity index (χ1v) is 7.74. The van der Waals surface area contributed by atoms with Gasteiger partial charge in [-0.1, -0.05) is 30.3 Å². The zero-order chi connectivity index (χ0) is 16.5. The van der Waals surface area contributed by atoms with E-state index in [1.807, 2.05) is 6.07 Å². The zero-order valence-corrected chi connectivity index (χ0v) is 12.7. The summed E-state index contributed by atoms with van der Waals surface area (Å²) in [7, 11) is 0. The number of amides is 1. The first-order chi connectivity index (χ1) is 10.9. The average molecular weight is 315 g/mol. The maximum atomic E-state index is 12.8. The molecule has 1 aromatic rings. The quantitative estimate of drug-likeness (QED) is 0.782. The second-order valence-corrected chi connectivity index (χ2v) is 6.51. The number of ketones is 1. The molecule has 2 saturated carbocycles. The number of hydrogen-bond donors (Lipinski definition) is 2. The molecule has 1 aromatic carbocycles. The summed E-state index contributed by atoms with van der Waals surface area (Å²) in [5, 5.41) is 13.8. The first-order valence-electron chi connectivity index (χ1n) is 7.74. The lowest BCUT2D eigenvalue weighted by atomic mass is 9.66. The van der Waals surface area contributed by atoms with Gasteiger partial charge in [0, 0.05) is 12.3 Å². The lowest BCUT2D eigenvalue weighted by molar-refractivity contribution is -0.176. The summed E-state index contributed by atoms with van der Waals surface area (Å²) in [6, 6.07) is 8.94. The molecule has 120 valence electrons. The van der Waals surface area contributed by atoms with Gasteiger partial charge in [0.05, 0.1) is 12.1 Å². The van der Waals surface area contributed by atoms with E-state index < -0.39 is 34.3 Å². The predicted molar refractivity (Wildman–Crippen MR) is 78.0 cm³/mol. The van der Waals surface area contributed by atoms with Crippen molar-refractivity contribution in [3.05, 3.63) is 35.9 Å². The molecular formula is C17H17NO5. The number of carbonyl (C=O) groups is 3. The Bertz CT molecular complexity index is 732. The molecule has 2 aliphatic carbocycles. The summed E-state index contributed by atoms with van der Waals surface area (Å²) in [6.45, 7) is 1.78. The summed E-state index contributed by atoms with van der Waals surface area (Å²) >= 11 is 0. The van der Waals surface area contributed by atoms with Crippen LogP contribution >= 0.6 is 0 Å². The molecule has 3 aliphatic rings. The minimum atomic E-state index is -1.90. The summed E-state index contributed by atoms with van der Waals surface area (Å²) in [6.07, 6.45) is -0.216. The molecule has 4 bridgehead atoms. The molecular weight excluding hydrogens is 298 g/mol. The van der Waals surface area contributed by atoms with Gasteiger partial charge >= 0.3 is 5.97 Å². The molecule has 0 aromatic heterocycles. The Labute approximate surface area is 132 Å². The Hall–Kier alpha value is -2.21. The summed E-state index contributed by atoms with van der Waals surface area (Å²) in [4.78, 5) is 37.8. The molecule has 4 rings (SSSR count). The highest BCUT2D eigenvalue weighted by atomic mass is 16.5. The van der Waals surface area contributed by atoms with Gasteiger partial charge in [-0.25, -0.2) is 0 Å². The van der Waals surface area contributed by atoms with Crippen molar-refractivity contribution in [2.24, 2.45) is 11.3 Å². The van der Waals surface area contributed by atoms with Crippen LogP contribution in [0.5, 0.6) is 0 Å². The molecule has 1 heterocycles. The fourth-order valence-electron chi connectivity index (χ4n) is 4.91. The Morgan fingerprint density at radius 1 is 1.35 bits per heavy atom. The Kier molecular flexibility index (Phi) is 2.63. The van der Waals surface area contributed by atoms with Crippen molar-refractivity contribution in [3.8, 4) is 0 Å². The van der Waals surface area contributed by atoms with Gasteiger partial charge in [0.25, 0.3) is 5.91 Å². The molecule has 3 fully saturated rings. The van der Waals surface area contributed by atoms with Crippen LogP contribution < -0.4 is 5.32 Å². The number of rotatable bonds is 3. The fraction of sp³-hybridized carbons (Fsp3) is 0.471. The van der Waals surface area contributed by atoms with Crippen molar-refractivity contribution in [1.82, 2.24) is 5.32 Å². The number of nitrogens with one attached hydrogen (secondary N) is 1. The van der Waals surface area contributed by atoms with Crippen LogP contribution in [0.15, 0.2) is 30.3 Å². The Morgan fingerprint density at radius 3 is 2.70 bits per heavy atom. The highest BCUT2D eigenvalue weighted by Gasteiger charge is 2.89. The van der Waals surface area contributed by atoms with Gasteiger partial charge in [-0.05, 0) is 18.9 Å². The Balaban J connectivity index is 2.01. The van der Waals surface area contributed by atoms with Crippen LogP contribution in [-0.4, -0.2) is 35.0 Å². The SMILES string of the molecule is CCOC(=O)[C@]12CC(=O)[C@@H]3C[C@@]1(O)C(=O)N[C@@]32c1ccccc1. The van der Waals surface area contributed by atoms with Gasteiger partial charge in [0.2, 0.25) is 0 Å². The molecule has 1 aliphatic heterocycles. The van der Waals surface area contributed by atoms with E-state index in [0.717, 1.165) is 0 Å². The van der Waals surface area contributed by atoms with E-state index in [2.05, 4.69) is 5.32 Å². The van der Waals surface area contributed by atoms with Crippen LogP contribution in [0.4, 0.5) is 0 Å². The molecule has 6 heteroatoms. The number of esters is 1. The maximum Gasteiger partial charge on any atom is 0.318 e. The van der Waals surface area contributed by atoms with Crippen LogP contribution in [0.3, 0.4) is 0 Å². The van der Waals surface area contributed by atoms with E-state index in [9.17, 15) is 19.5 Å². The molecule has 0 spiro atoms. The minimum Gasteiger partial charge on any atom is -0.465 e. The van der Waals surface area contributed by atoms with E-state index in [1.54, 1.807) is 31.2 Å². The Morgan fingerprint density at radius 2 is 2.04 bits per heavy atom. The van der Waals surface area contributed by atoms with Crippen molar-refractivity contribution in [3.63, 3.8) is 0 Å². The van der Waals surface area contributed by atoms with Crippen LogP contribution in [-0.2, 0) is 24.7 Å². The summed E-state index contributed by atoms with van der Waals surface area (Å²) in [5.41, 5.74) is -4.04. The van der Waals surface area contributed by atoms with Gasteiger partial charge in [-0.15, -0.1) is 0 Å². The third-order valence-corrected chi connectivity index (χ3v) is 5.77. The van der Waals surface area contributed by atoms with E-state index >= 15 is 0 Å². The van der Waals surface area contributed by atoms with Gasteiger partial charge in [-0.3, -0.25) is 14.4 Å². The monoisotopic (exact) mass is 315 g/mol. The summed E-state index contributed by atoms with van der Waals surface area (Å²) in [5.74, 6) is -2.01. The van der Waals surface area contributed by atoms with Gasteiger partial charge < -0.3 is 15.2 Å². The third-order valence-electron chi connectivity index (χ3n) is 5.77. The van der Waals surface area contributed by atoms with E-state index in [-0.39, 0.29) is 25.2 Å². The van der Waals surface area contributed by atoms with Crippen LogP contribution in [0.2, 0.25) is 0 Å². The second kappa shape index (κ2) is 4.20. The van der Waals surface area contributed by atoms with Gasteiger partial charge in [0.15, 0.2) is 5.60 Å². The highest BCUT2D eigenvalue weighted by Crippen LogP contribution is 2.71. The molecule has 1 amide bonds. The standard InChI is InChI=1S/C17H17NO5/c1-2-23-14(21)15-9-12(19)11-8-16(15,22)13(20)18-17(11,15)10-6-4-3-5-7-10/h3-7,11,22H,2,8-9H2,1H3,(H,18,20)/t11-,15+,16+,17-/m0/s1. The van der Waals surface area contributed by atoms with E-state index in [4.69, 9.17) is 4.74 Å². The van der Waals surface area contributed by atoms with Crippen molar-refractivity contribution in [2.75, 3.05) is 6.61 Å². The van der Waals surface area contributed by atoms with Crippen LogP contribution in [0, 0.1) is 11.3 Å². The van der Waals surface area contributed by atoms with Crippen molar-refractivity contribution < 1.29 is 24.2 Å². The topological polar surface area (TPSA) is 92.7 Å². The summed E-state index contributed by atoms with van der Waals surface area (Å²) < 4.78 is 5.19. The normalized spacial score (nSPS) is 40.3.